The molecular formula is C13H18N2O2. The number of nitrogens with zero attached hydrogens (tertiary/aromatic N) is 2. The number of pyridine rings is 1. The van der Waals surface area contributed by atoms with Crippen LogP contribution in [0.5, 0.6) is 5.88 Å². The zero-order chi connectivity index (χ0) is 12.1. The average Bonchev–Trinajstić information content (AvgIpc) is 2.40. The number of piperidine rings is 1. The molecule has 0 N–H and O–H groups in total. The number of rotatable bonds is 4. The monoisotopic (exact) mass is 234 g/mol. The largest absolute Gasteiger partial charge is 0.478 e. The number of carbonyl (C=O) groups excluding carboxylic acids is 1. The van der Waals surface area contributed by atoms with Gasteiger partial charge in [0, 0.05) is 25.1 Å². The number of carbonyl (C=O) groups is 1. The molecule has 92 valence electrons. The summed E-state index contributed by atoms with van der Waals surface area (Å²) in [5, 5.41) is 0. The summed E-state index contributed by atoms with van der Waals surface area (Å²) in [4.78, 5) is 17.4. The van der Waals surface area contributed by atoms with Crippen molar-refractivity contribution in [2.45, 2.75) is 19.8 Å². The Morgan fingerprint density at radius 2 is 2.47 bits per heavy atom. The molecule has 4 heteroatoms. The lowest BCUT2D eigenvalue weighted by Crippen LogP contribution is -2.36. The highest BCUT2D eigenvalue weighted by atomic mass is 16.5. The number of hydrogen-bond donors (Lipinski definition) is 0. The first-order chi connectivity index (χ1) is 8.33. The number of ether oxygens (including phenoxy) is 1. The standard InChI is InChI=1S/C13H18N2O2/c1-2-17-13-7-3-6-12(14-13)15-8-4-5-11(9-15)10-16/h3,6-7,10-11H,2,4-5,8-9H2,1H3. The summed E-state index contributed by atoms with van der Waals surface area (Å²) in [7, 11) is 0. The van der Waals surface area contributed by atoms with Crippen LogP contribution in [0.4, 0.5) is 5.82 Å². The maximum Gasteiger partial charge on any atom is 0.215 e. The minimum atomic E-state index is 0.140. The Kier molecular flexibility index (Phi) is 3.96. The Labute approximate surface area is 102 Å². The van der Waals surface area contributed by atoms with Gasteiger partial charge >= 0.3 is 0 Å². The number of aldehydes is 1. The molecule has 1 atom stereocenters. The highest BCUT2D eigenvalue weighted by Gasteiger charge is 2.20. The van der Waals surface area contributed by atoms with Gasteiger partial charge in [0.05, 0.1) is 6.61 Å². The normalized spacial score (nSPS) is 20.1. The first-order valence-electron chi connectivity index (χ1n) is 6.13. The number of aromatic nitrogens is 1. The summed E-state index contributed by atoms with van der Waals surface area (Å²) in [5.74, 6) is 1.70. The van der Waals surface area contributed by atoms with Crippen LogP contribution in [-0.2, 0) is 4.79 Å². The van der Waals surface area contributed by atoms with E-state index in [1.807, 2.05) is 25.1 Å². The van der Waals surface area contributed by atoms with Gasteiger partial charge in [-0.3, -0.25) is 0 Å². The van der Waals surface area contributed by atoms with Gasteiger partial charge in [0.1, 0.15) is 12.1 Å². The Morgan fingerprint density at radius 1 is 1.59 bits per heavy atom. The lowest BCUT2D eigenvalue weighted by Gasteiger charge is -2.31. The molecule has 2 heterocycles. The van der Waals surface area contributed by atoms with Crippen molar-refractivity contribution in [1.29, 1.82) is 0 Å². The molecule has 0 aliphatic carbocycles. The molecule has 0 bridgehead atoms. The number of anilines is 1. The Balaban J connectivity index is 2.10. The van der Waals surface area contributed by atoms with Crippen LogP contribution in [0.3, 0.4) is 0 Å². The Hall–Kier alpha value is -1.58. The lowest BCUT2D eigenvalue weighted by molar-refractivity contribution is -0.111. The van der Waals surface area contributed by atoms with Crippen LogP contribution in [0.1, 0.15) is 19.8 Å². The van der Waals surface area contributed by atoms with E-state index in [-0.39, 0.29) is 5.92 Å². The SMILES string of the molecule is CCOc1cccc(N2CCCC(C=O)C2)n1. The van der Waals surface area contributed by atoms with Gasteiger partial charge in [0.2, 0.25) is 5.88 Å². The minimum absolute atomic E-state index is 0.140. The fraction of sp³-hybridized carbons (Fsp3) is 0.538. The van der Waals surface area contributed by atoms with Gasteiger partial charge in [0.25, 0.3) is 0 Å². The Morgan fingerprint density at radius 3 is 3.24 bits per heavy atom. The van der Waals surface area contributed by atoms with E-state index in [0.29, 0.717) is 12.5 Å². The molecule has 1 unspecified atom stereocenters. The second-order valence-corrected chi connectivity index (χ2v) is 4.25. The smallest absolute Gasteiger partial charge is 0.215 e. The van der Waals surface area contributed by atoms with Gasteiger partial charge in [0.15, 0.2) is 0 Å². The van der Waals surface area contributed by atoms with Crippen molar-refractivity contribution in [3.8, 4) is 5.88 Å². The van der Waals surface area contributed by atoms with Crippen LogP contribution < -0.4 is 9.64 Å². The third-order valence-electron chi connectivity index (χ3n) is 2.98. The predicted octanol–water partition coefficient (Wildman–Crippen LogP) is 1.90. The molecule has 1 aromatic rings. The first-order valence-corrected chi connectivity index (χ1v) is 6.13. The summed E-state index contributed by atoms with van der Waals surface area (Å²) >= 11 is 0. The van der Waals surface area contributed by atoms with Crippen LogP contribution in [0.2, 0.25) is 0 Å². The summed E-state index contributed by atoms with van der Waals surface area (Å²) in [6.07, 6.45) is 3.09. The third-order valence-corrected chi connectivity index (χ3v) is 2.98. The fourth-order valence-electron chi connectivity index (χ4n) is 2.14. The van der Waals surface area contributed by atoms with E-state index in [1.54, 1.807) is 0 Å². The van der Waals surface area contributed by atoms with Crippen LogP contribution in [-0.4, -0.2) is 31.0 Å². The molecule has 0 aromatic carbocycles. The molecule has 1 saturated heterocycles. The summed E-state index contributed by atoms with van der Waals surface area (Å²) in [5.41, 5.74) is 0. The quantitative estimate of drug-likeness (QED) is 0.746. The van der Waals surface area contributed by atoms with E-state index >= 15 is 0 Å². The van der Waals surface area contributed by atoms with Crippen LogP contribution in [0, 0.1) is 5.92 Å². The summed E-state index contributed by atoms with van der Waals surface area (Å²) in [6, 6.07) is 5.77. The first kappa shape index (κ1) is 11.9. The van der Waals surface area contributed by atoms with E-state index in [0.717, 1.165) is 38.0 Å². The number of hydrogen-bond acceptors (Lipinski definition) is 4. The zero-order valence-corrected chi connectivity index (χ0v) is 10.1. The lowest BCUT2D eigenvalue weighted by atomic mass is 10.00. The molecule has 0 spiro atoms. The van der Waals surface area contributed by atoms with Crippen molar-refractivity contribution in [3.05, 3.63) is 18.2 Å². The second kappa shape index (κ2) is 5.66. The molecule has 0 radical (unpaired) electrons. The maximum absolute atomic E-state index is 10.8. The molecule has 1 aromatic heterocycles. The van der Waals surface area contributed by atoms with Gasteiger partial charge in [-0.25, -0.2) is 0 Å². The molecule has 1 aliphatic heterocycles. The van der Waals surface area contributed by atoms with Crippen molar-refractivity contribution in [3.63, 3.8) is 0 Å². The summed E-state index contributed by atoms with van der Waals surface area (Å²) < 4.78 is 5.38. The van der Waals surface area contributed by atoms with E-state index in [1.165, 1.54) is 0 Å². The van der Waals surface area contributed by atoms with Gasteiger partial charge < -0.3 is 14.4 Å². The molecule has 4 nitrogen and oxygen atoms in total. The van der Waals surface area contributed by atoms with E-state index < -0.39 is 0 Å². The highest BCUT2D eigenvalue weighted by molar-refractivity contribution is 5.56. The average molecular weight is 234 g/mol. The van der Waals surface area contributed by atoms with E-state index in [9.17, 15) is 4.79 Å². The predicted molar refractivity (Wildman–Crippen MR) is 66.4 cm³/mol. The molecule has 2 rings (SSSR count). The second-order valence-electron chi connectivity index (χ2n) is 4.25. The molecule has 1 fully saturated rings. The van der Waals surface area contributed by atoms with Crippen molar-refractivity contribution >= 4 is 12.1 Å². The zero-order valence-electron chi connectivity index (χ0n) is 10.1. The van der Waals surface area contributed by atoms with E-state index in [4.69, 9.17) is 4.74 Å². The maximum atomic E-state index is 10.8. The fourth-order valence-corrected chi connectivity index (χ4v) is 2.14. The van der Waals surface area contributed by atoms with Gasteiger partial charge in [-0.1, -0.05) is 6.07 Å². The minimum Gasteiger partial charge on any atom is -0.478 e. The van der Waals surface area contributed by atoms with Crippen LogP contribution in [0.15, 0.2) is 18.2 Å². The van der Waals surface area contributed by atoms with Gasteiger partial charge in [-0.2, -0.15) is 4.98 Å². The van der Waals surface area contributed by atoms with Crippen LogP contribution >= 0.6 is 0 Å². The van der Waals surface area contributed by atoms with Crippen molar-refractivity contribution < 1.29 is 9.53 Å². The molecule has 1 aliphatic rings. The van der Waals surface area contributed by atoms with Gasteiger partial charge in [-0.15, -0.1) is 0 Å². The molecule has 0 amide bonds. The Bertz CT molecular complexity index is 381. The van der Waals surface area contributed by atoms with Crippen molar-refractivity contribution in [2.24, 2.45) is 5.92 Å². The summed E-state index contributed by atoms with van der Waals surface area (Å²) in [6.45, 7) is 4.30. The topological polar surface area (TPSA) is 42.4 Å². The van der Waals surface area contributed by atoms with Crippen molar-refractivity contribution in [2.75, 3.05) is 24.6 Å². The van der Waals surface area contributed by atoms with Crippen molar-refractivity contribution in [1.82, 2.24) is 4.98 Å². The van der Waals surface area contributed by atoms with Gasteiger partial charge in [-0.05, 0) is 25.8 Å². The molecule has 0 saturated carbocycles. The molecule has 17 heavy (non-hydrogen) atoms. The highest BCUT2D eigenvalue weighted by Crippen LogP contribution is 2.22. The molecular weight excluding hydrogens is 216 g/mol. The van der Waals surface area contributed by atoms with Crippen LogP contribution in [0.25, 0.3) is 0 Å². The van der Waals surface area contributed by atoms with E-state index in [2.05, 4.69) is 9.88 Å². The third kappa shape index (κ3) is 2.96.